The van der Waals surface area contributed by atoms with Crippen LogP contribution in [0.4, 0.5) is 5.82 Å². The Labute approximate surface area is 98.3 Å². The van der Waals surface area contributed by atoms with Crippen molar-refractivity contribution in [1.82, 2.24) is 19.9 Å². The van der Waals surface area contributed by atoms with Crippen molar-refractivity contribution in [2.45, 2.75) is 12.8 Å². The van der Waals surface area contributed by atoms with Crippen LogP contribution >= 0.6 is 11.6 Å². The number of H-pyrrole nitrogens is 1. The van der Waals surface area contributed by atoms with E-state index in [4.69, 9.17) is 11.6 Å². The molecule has 84 valence electrons. The number of imidazole rings is 1. The number of hydrogen-bond acceptors (Lipinski definition) is 4. The first-order valence-electron chi connectivity index (χ1n) is 5.04. The zero-order valence-corrected chi connectivity index (χ0v) is 9.41. The fraction of sp³-hybridized carbons (Fsp3) is 0.300. The van der Waals surface area contributed by atoms with Gasteiger partial charge < -0.3 is 10.3 Å². The molecular formula is C10H12ClN5. The highest BCUT2D eigenvalue weighted by atomic mass is 35.5. The third-order valence-corrected chi connectivity index (χ3v) is 2.29. The van der Waals surface area contributed by atoms with E-state index in [1.54, 1.807) is 12.3 Å². The molecule has 0 spiro atoms. The number of aromatic nitrogens is 4. The number of aryl methyl sites for hydroxylation is 1. The Morgan fingerprint density at radius 1 is 1.31 bits per heavy atom. The number of halogens is 1. The van der Waals surface area contributed by atoms with Crippen molar-refractivity contribution < 1.29 is 0 Å². The molecule has 2 aromatic heterocycles. The van der Waals surface area contributed by atoms with E-state index in [9.17, 15) is 0 Å². The number of aromatic amines is 1. The number of nitrogens with one attached hydrogen (secondary N) is 2. The van der Waals surface area contributed by atoms with Crippen LogP contribution in [0.15, 0.2) is 24.8 Å². The van der Waals surface area contributed by atoms with E-state index in [1.165, 1.54) is 6.33 Å². The van der Waals surface area contributed by atoms with E-state index in [0.29, 0.717) is 5.15 Å². The highest BCUT2D eigenvalue weighted by Gasteiger charge is 1.97. The van der Waals surface area contributed by atoms with Gasteiger partial charge in [-0.05, 0) is 6.42 Å². The van der Waals surface area contributed by atoms with Gasteiger partial charge in [-0.15, -0.1) is 0 Å². The molecule has 0 aromatic carbocycles. The van der Waals surface area contributed by atoms with Crippen LogP contribution in [0.2, 0.25) is 5.15 Å². The molecule has 0 aliphatic carbocycles. The van der Waals surface area contributed by atoms with Gasteiger partial charge in [-0.3, -0.25) is 0 Å². The minimum Gasteiger partial charge on any atom is -0.370 e. The van der Waals surface area contributed by atoms with Crippen LogP contribution in [0.3, 0.4) is 0 Å². The average molecular weight is 238 g/mol. The second-order valence-corrected chi connectivity index (χ2v) is 3.68. The van der Waals surface area contributed by atoms with Gasteiger partial charge in [-0.25, -0.2) is 15.0 Å². The highest BCUT2D eigenvalue weighted by Crippen LogP contribution is 2.08. The summed E-state index contributed by atoms with van der Waals surface area (Å²) < 4.78 is 0. The minimum atomic E-state index is 0.448. The Hall–Kier alpha value is -1.62. The lowest BCUT2D eigenvalue weighted by Crippen LogP contribution is -2.05. The smallest absolute Gasteiger partial charge is 0.134 e. The van der Waals surface area contributed by atoms with E-state index < -0.39 is 0 Å². The summed E-state index contributed by atoms with van der Waals surface area (Å²) in [5.74, 6) is 1.75. The summed E-state index contributed by atoms with van der Waals surface area (Å²) in [4.78, 5) is 15.1. The van der Waals surface area contributed by atoms with Gasteiger partial charge in [0.2, 0.25) is 0 Å². The van der Waals surface area contributed by atoms with Crippen molar-refractivity contribution in [2.24, 2.45) is 0 Å². The van der Waals surface area contributed by atoms with E-state index in [2.05, 4.69) is 25.3 Å². The molecule has 0 unspecified atom stereocenters. The summed E-state index contributed by atoms with van der Waals surface area (Å²) >= 11 is 5.73. The molecule has 0 aliphatic heterocycles. The van der Waals surface area contributed by atoms with Gasteiger partial charge >= 0.3 is 0 Å². The molecule has 0 fully saturated rings. The van der Waals surface area contributed by atoms with Crippen molar-refractivity contribution in [3.8, 4) is 0 Å². The van der Waals surface area contributed by atoms with Crippen molar-refractivity contribution in [2.75, 3.05) is 11.9 Å². The van der Waals surface area contributed by atoms with E-state index in [0.717, 1.165) is 31.0 Å². The lowest BCUT2D eigenvalue weighted by molar-refractivity contribution is 0.813. The zero-order chi connectivity index (χ0) is 11.2. The maximum Gasteiger partial charge on any atom is 0.134 e. The molecular weight excluding hydrogens is 226 g/mol. The fourth-order valence-electron chi connectivity index (χ4n) is 1.34. The predicted octanol–water partition coefficient (Wildman–Crippen LogP) is 1.90. The standard InChI is InChI=1S/C10H12ClN5/c11-8-6-10(16-7-15-8)12-3-1-2-9-13-4-5-14-9/h4-7H,1-3H2,(H,13,14)(H,12,15,16). The second-order valence-electron chi connectivity index (χ2n) is 3.29. The van der Waals surface area contributed by atoms with E-state index in [1.807, 2.05) is 6.20 Å². The third-order valence-electron chi connectivity index (χ3n) is 2.09. The zero-order valence-electron chi connectivity index (χ0n) is 8.65. The number of hydrogen-bond donors (Lipinski definition) is 2. The lowest BCUT2D eigenvalue weighted by atomic mass is 10.3. The van der Waals surface area contributed by atoms with Crippen LogP contribution in [0, 0.1) is 0 Å². The van der Waals surface area contributed by atoms with Crippen LogP contribution in [0.5, 0.6) is 0 Å². The molecule has 0 saturated carbocycles. The van der Waals surface area contributed by atoms with Crippen molar-refractivity contribution in [3.05, 3.63) is 35.8 Å². The van der Waals surface area contributed by atoms with Gasteiger partial charge in [0.1, 0.15) is 23.1 Å². The monoisotopic (exact) mass is 237 g/mol. The topological polar surface area (TPSA) is 66.5 Å². The predicted molar refractivity (Wildman–Crippen MR) is 62.4 cm³/mol. The molecule has 2 rings (SSSR count). The molecule has 0 radical (unpaired) electrons. The molecule has 2 N–H and O–H groups in total. The van der Waals surface area contributed by atoms with Gasteiger partial charge in [0.15, 0.2) is 0 Å². The SMILES string of the molecule is Clc1cc(NCCCc2ncc[nH]2)ncn1. The Bertz CT molecular complexity index is 429. The molecule has 0 amide bonds. The van der Waals surface area contributed by atoms with Crippen molar-refractivity contribution in [3.63, 3.8) is 0 Å². The summed E-state index contributed by atoms with van der Waals surface area (Å²) in [6.45, 7) is 0.827. The Morgan fingerprint density at radius 2 is 2.25 bits per heavy atom. The number of anilines is 1. The van der Waals surface area contributed by atoms with Crippen molar-refractivity contribution in [1.29, 1.82) is 0 Å². The van der Waals surface area contributed by atoms with Gasteiger partial charge in [0.05, 0.1) is 0 Å². The first-order chi connectivity index (χ1) is 7.84. The molecule has 2 aromatic rings. The maximum atomic E-state index is 5.73. The molecule has 0 aliphatic rings. The highest BCUT2D eigenvalue weighted by molar-refractivity contribution is 6.29. The Morgan fingerprint density at radius 3 is 3.00 bits per heavy atom. The molecule has 0 atom stereocenters. The van der Waals surface area contributed by atoms with Crippen LogP contribution in [-0.2, 0) is 6.42 Å². The summed E-state index contributed by atoms with van der Waals surface area (Å²) in [7, 11) is 0. The molecule has 16 heavy (non-hydrogen) atoms. The van der Waals surface area contributed by atoms with Gasteiger partial charge in [-0.1, -0.05) is 11.6 Å². The lowest BCUT2D eigenvalue weighted by Gasteiger charge is -2.03. The first-order valence-corrected chi connectivity index (χ1v) is 5.42. The largest absolute Gasteiger partial charge is 0.370 e. The summed E-state index contributed by atoms with van der Waals surface area (Å²) in [5.41, 5.74) is 0. The molecule has 5 nitrogen and oxygen atoms in total. The minimum absolute atomic E-state index is 0.448. The Kier molecular flexibility index (Phi) is 3.71. The van der Waals surface area contributed by atoms with Crippen LogP contribution in [0.25, 0.3) is 0 Å². The van der Waals surface area contributed by atoms with Crippen molar-refractivity contribution >= 4 is 17.4 Å². The third kappa shape index (κ3) is 3.20. The normalized spacial score (nSPS) is 10.3. The van der Waals surface area contributed by atoms with E-state index >= 15 is 0 Å². The number of nitrogens with zero attached hydrogens (tertiary/aromatic N) is 3. The van der Waals surface area contributed by atoms with Gasteiger partial charge in [0.25, 0.3) is 0 Å². The first kappa shape index (κ1) is 10.9. The summed E-state index contributed by atoms with van der Waals surface area (Å²) in [5, 5.41) is 3.62. The fourth-order valence-corrected chi connectivity index (χ4v) is 1.48. The average Bonchev–Trinajstić information content (AvgIpc) is 2.77. The quantitative estimate of drug-likeness (QED) is 0.616. The van der Waals surface area contributed by atoms with Gasteiger partial charge in [-0.2, -0.15) is 0 Å². The second kappa shape index (κ2) is 5.46. The summed E-state index contributed by atoms with van der Waals surface area (Å²) in [6, 6.07) is 1.70. The Balaban J connectivity index is 1.72. The molecule has 0 bridgehead atoms. The van der Waals surface area contributed by atoms with Crippen LogP contribution in [0.1, 0.15) is 12.2 Å². The molecule has 6 heteroatoms. The molecule has 2 heterocycles. The van der Waals surface area contributed by atoms with Crippen LogP contribution < -0.4 is 5.32 Å². The summed E-state index contributed by atoms with van der Waals surface area (Å²) in [6.07, 6.45) is 6.92. The number of rotatable bonds is 5. The van der Waals surface area contributed by atoms with Crippen LogP contribution in [-0.4, -0.2) is 26.5 Å². The van der Waals surface area contributed by atoms with Gasteiger partial charge in [0, 0.05) is 31.4 Å². The maximum absolute atomic E-state index is 5.73. The molecule has 0 saturated heterocycles. The van der Waals surface area contributed by atoms with E-state index in [-0.39, 0.29) is 0 Å².